The molecule has 7 heteroatoms. The molecule has 5 aromatic rings. The zero-order valence-corrected chi connectivity index (χ0v) is 15.1. The molecule has 136 valence electrons. The second-order valence-corrected chi connectivity index (χ2v) is 6.93. The summed E-state index contributed by atoms with van der Waals surface area (Å²) in [6, 6.07) is 14.3. The summed E-state index contributed by atoms with van der Waals surface area (Å²) in [4.78, 5) is 18.3. The number of para-hydroxylation sites is 2. The number of hydrogen-bond acceptors (Lipinski definition) is 5. The molecular weight excluding hydrogens is 350 g/mol. The minimum Gasteiger partial charge on any atom is -0.385 e. The second kappa shape index (κ2) is 5.88. The van der Waals surface area contributed by atoms with Crippen molar-refractivity contribution in [2.24, 2.45) is 0 Å². The lowest BCUT2D eigenvalue weighted by molar-refractivity contribution is 0.819. The van der Waals surface area contributed by atoms with Gasteiger partial charge in [0.05, 0.1) is 22.9 Å². The van der Waals surface area contributed by atoms with Gasteiger partial charge < -0.3 is 5.32 Å². The van der Waals surface area contributed by atoms with Gasteiger partial charge in [-0.2, -0.15) is 4.98 Å². The van der Waals surface area contributed by atoms with E-state index in [4.69, 9.17) is 4.98 Å². The lowest BCUT2D eigenvalue weighted by atomic mass is 10.0. The summed E-state index contributed by atoms with van der Waals surface area (Å²) >= 11 is 0. The molecule has 0 amide bonds. The molecule has 1 aliphatic heterocycles. The third kappa shape index (κ3) is 2.22. The van der Waals surface area contributed by atoms with Crippen LogP contribution in [0, 0.1) is 0 Å². The topological polar surface area (TPSA) is 73.5 Å². The highest BCUT2D eigenvalue weighted by atomic mass is 15.2. The van der Waals surface area contributed by atoms with Crippen molar-refractivity contribution < 1.29 is 0 Å². The van der Waals surface area contributed by atoms with Crippen molar-refractivity contribution in [1.82, 2.24) is 29.1 Å². The van der Waals surface area contributed by atoms with Crippen LogP contribution in [0.2, 0.25) is 0 Å². The van der Waals surface area contributed by atoms with E-state index < -0.39 is 0 Å². The first-order chi connectivity index (χ1) is 13.9. The standard InChI is InChI=1S/C21H17N7/c1-2-8-19-16(6-1)24-13-28(19)21-23-11-17-20(26-21)27(12-25-17)18-9-3-7-15-14(18)5-4-10-22-15/h1-3,6-9,11-13,22H,4-5,10H2. The van der Waals surface area contributed by atoms with E-state index in [9.17, 15) is 0 Å². The molecule has 4 heterocycles. The van der Waals surface area contributed by atoms with Crippen LogP contribution in [-0.4, -0.2) is 35.6 Å². The summed E-state index contributed by atoms with van der Waals surface area (Å²) in [6.45, 7) is 1.02. The fourth-order valence-corrected chi connectivity index (χ4v) is 3.93. The first-order valence-corrected chi connectivity index (χ1v) is 9.37. The molecule has 0 radical (unpaired) electrons. The van der Waals surface area contributed by atoms with E-state index in [0.29, 0.717) is 5.95 Å². The van der Waals surface area contributed by atoms with Gasteiger partial charge in [-0.1, -0.05) is 18.2 Å². The molecule has 6 rings (SSSR count). The molecule has 0 spiro atoms. The zero-order chi connectivity index (χ0) is 18.5. The molecule has 1 aliphatic rings. The third-order valence-electron chi connectivity index (χ3n) is 5.28. The number of nitrogens with one attached hydrogen (secondary N) is 1. The van der Waals surface area contributed by atoms with E-state index in [1.807, 2.05) is 35.2 Å². The van der Waals surface area contributed by atoms with E-state index in [-0.39, 0.29) is 0 Å². The van der Waals surface area contributed by atoms with Gasteiger partial charge in [-0.15, -0.1) is 0 Å². The number of anilines is 1. The van der Waals surface area contributed by atoms with Crippen LogP contribution in [0.1, 0.15) is 12.0 Å². The minimum atomic E-state index is 0.589. The number of benzene rings is 2. The van der Waals surface area contributed by atoms with Crippen LogP contribution >= 0.6 is 0 Å². The zero-order valence-electron chi connectivity index (χ0n) is 15.1. The Hall–Kier alpha value is -3.74. The Morgan fingerprint density at radius 1 is 0.857 bits per heavy atom. The van der Waals surface area contributed by atoms with Gasteiger partial charge in [-0.05, 0) is 42.7 Å². The maximum Gasteiger partial charge on any atom is 0.237 e. The predicted molar refractivity (Wildman–Crippen MR) is 108 cm³/mol. The summed E-state index contributed by atoms with van der Waals surface area (Å²) < 4.78 is 3.97. The first-order valence-electron chi connectivity index (χ1n) is 9.37. The largest absolute Gasteiger partial charge is 0.385 e. The third-order valence-corrected chi connectivity index (χ3v) is 5.28. The van der Waals surface area contributed by atoms with Crippen molar-refractivity contribution in [3.63, 3.8) is 0 Å². The molecule has 0 atom stereocenters. The summed E-state index contributed by atoms with van der Waals surface area (Å²) in [7, 11) is 0. The van der Waals surface area contributed by atoms with Gasteiger partial charge in [0, 0.05) is 12.2 Å². The van der Waals surface area contributed by atoms with Gasteiger partial charge in [-0.25, -0.2) is 15.0 Å². The lowest BCUT2D eigenvalue weighted by Crippen LogP contribution is -2.14. The summed E-state index contributed by atoms with van der Waals surface area (Å²) in [5, 5.41) is 3.49. The van der Waals surface area contributed by atoms with Gasteiger partial charge in [0.1, 0.15) is 18.2 Å². The van der Waals surface area contributed by atoms with Crippen molar-refractivity contribution in [2.45, 2.75) is 12.8 Å². The Morgan fingerprint density at radius 2 is 1.75 bits per heavy atom. The van der Waals surface area contributed by atoms with Crippen LogP contribution in [0.25, 0.3) is 33.8 Å². The van der Waals surface area contributed by atoms with Crippen molar-refractivity contribution in [3.8, 4) is 11.6 Å². The predicted octanol–water partition coefficient (Wildman–Crippen LogP) is 3.51. The number of nitrogens with zero attached hydrogens (tertiary/aromatic N) is 6. The molecule has 28 heavy (non-hydrogen) atoms. The number of fused-ring (bicyclic) bond motifs is 3. The van der Waals surface area contributed by atoms with Crippen molar-refractivity contribution in [3.05, 3.63) is 66.9 Å². The van der Waals surface area contributed by atoms with Crippen LogP contribution in [-0.2, 0) is 6.42 Å². The van der Waals surface area contributed by atoms with E-state index in [0.717, 1.165) is 47.3 Å². The van der Waals surface area contributed by atoms with Crippen LogP contribution in [0.5, 0.6) is 0 Å². The van der Waals surface area contributed by atoms with E-state index in [1.54, 1.807) is 12.5 Å². The molecule has 0 unspecified atom stereocenters. The molecule has 0 fully saturated rings. The quantitative estimate of drug-likeness (QED) is 0.517. The minimum absolute atomic E-state index is 0.589. The normalized spacial score (nSPS) is 13.6. The van der Waals surface area contributed by atoms with Crippen LogP contribution in [0.15, 0.2) is 61.3 Å². The average molecular weight is 367 g/mol. The summed E-state index contributed by atoms with van der Waals surface area (Å²) in [6.07, 6.45) is 7.54. The molecule has 0 bridgehead atoms. The molecule has 0 saturated carbocycles. The molecule has 7 nitrogen and oxygen atoms in total. The Morgan fingerprint density at radius 3 is 2.75 bits per heavy atom. The molecule has 1 N–H and O–H groups in total. The molecule has 3 aromatic heterocycles. The van der Waals surface area contributed by atoms with Gasteiger partial charge in [0.25, 0.3) is 0 Å². The molecule has 0 aliphatic carbocycles. The van der Waals surface area contributed by atoms with E-state index in [1.165, 1.54) is 11.3 Å². The van der Waals surface area contributed by atoms with Crippen molar-refractivity contribution in [1.29, 1.82) is 0 Å². The van der Waals surface area contributed by atoms with Gasteiger partial charge in [0.15, 0.2) is 5.65 Å². The van der Waals surface area contributed by atoms with Crippen LogP contribution in [0.3, 0.4) is 0 Å². The smallest absolute Gasteiger partial charge is 0.237 e. The maximum absolute atomic E-state index is 4.84. The number of rotatable bonds is 2. The second-order valence-electron chi connectivity index (χ2n) is 6.93. The molecule has 2 aromatic carbocycles. The monoisotopic (exact) mass is 367 g/mol. The number of aromatic nitrogens is 6. The first kappa shape index (κ1) is 15.3. The lowest BCUT2D eigenvalue weighted by Gasteiger charge is -2.21. The number of imidazole rings is 2. The van der Waals surface area contributed by atoms with Crippen LogP contribution < -0.4 is 5.32 Å². The van der Waals surface area contributed by atoms with E-state index in [2.05, 4.69) is 43.0 Å². The van der Waals surface area contributed by atoms with Crippen LogP contribution in [0.4, 0.5) is 5.69 Å². The number of hydrogen-bond donors (Lipinski definition) is 1. The van der Waals surface area contributed by atoms with Gasteiger partial charge >= 0.3 is 0 Å². The Kier molecular flexibility index (Phi) is 3.22. The van der Waals surface area contributed by atoms with Gasteiger partial charge in [-0.3, -0.25) is 9.13 Å². The highest BCUT2D eigenvalue weighted by molar-refractivity contribution is 5.78. The fraction of sp³-hybridized carbons (Fsp3) is 0.143. The summed E-state index contributed by atoms with van der Waals surface area (Å²) in [5.74, 6) is 0.589. The molecular formula is C21H17N7. The summed E-state index contributed by atoms with van der Waals surface area (Å²) in [5.41, 5.74) is 7.09. The maximum atomic E-state index is 4.84. The fourth-order valence-electron chi connectivity index (χ4n) is 3.93. The highest BCUT2D eigenvalue weighted by Gasteiger charge is 2.17. The molecule has 0 saturated heterocycles. The van der Waals surface area contributed by atoms with Crippen molar-refractivity contribution >= 4 is 27.9 Å². The van der Waals surface area contributed by atoms with Gasteiger partial charge in [0.2, 0.25) is 5.95 Å². The Bertz CT molecular complexity index is 1330. The Balaban J connectivity index is 1.56. The average Bonchev–Trinajstić information content (AvgIpc) is 3.37. The highest BCUT2D eigenvalue weighted by Crippen LogP contribution is 2.29. The Labute approximate surface area is 160 Å². The SMILES string of the molecule is c1cc2c(c(-n3cnc4cnc(-n5cnc6ccccc65)nc43)c1)CCCN2. The van der Waals surface area contributed by atoms with E-state index >= 15 is 0 Å². The van der Waals surface area contributed by atoms with Crippen molar-refractivity contribution in [2.75, 3.05) is 11.9 Å².